The van der Waals surface area contributed by atoms with Crippen molar-refractivity contribution in [2.45, 2.75) is 18.9 Å². The number of benzene rings is 1. The van der Waals surface area contributed by atoms with Gasteiger partial charge >= 0.3 is 0 Å². The van der Waals surface area contributed by atoms with Crippen LogP contribution in [-0.2, 0) is 0 Å². The number of ether oxygens (including phenoxy) is 1. The Kier molecular flexibility index (Phi) is 3.41. The summed E-state index contributed by atoms with van der Waals surface area (Å²) in [6, 6.07) is 7.36. The van der Waals surface area contributed by atoms with Gasteiger partial charge in [-0.15, -0.1) is 0 Å². The van der Waals surface area contributed by atoms with Crippen LogP contribution in [0.4, 0.5) is 0 Å². The molecule has 0 spiro atoms. The summed E-state index contributed by atoms with van der Waals surface area (Å²) >= 11 is 0. The largest absolute Gasteiger partial charge is 0.492 e. The Morgan fingerprint density at radius 3 is 2.75 bits per heavy atom. The van der Waals surface area contributed by atoms with Gasteiger partial charge in [0.15, 0.2) is 0 Å². The van der Waals surface area contributed by atoms with Crippen molar-refractivity contribution in [3.8, 4) is 5.75 Å². The van der Waals surface area contributed by atoms with Gasteiger partial charge in [0.05, 0.1) is 0 Å². The Morgan fingerprint density at radius 1 is 1.44 bits per heavy atom. The summed E-state index contributed by atoms with van der Waals surface area (Å²) in [6.07, 6.45) is 2.38. The van der Waals surface area contributed by atoms with E-state index >= 15 is 0 Å². The molecule has 4 heteroatoms. The zero-order chi connectivity index (χ0) is 11.4. The number of amides is 1. The molecule has 0 aliphatic carbocycles. The van der Waals surface area contributed by atoms with Gasteiger partial charge in [0.25, 0.3) is 0 Å². The Bertz CT molecular complexity index is 356. The maximum Gasteiger partial charge on any atom is 0.248 e. The van der Waals surface area contributed by atoms with Crippen molar-refractivity contribution >= 4 is 5.91 Å². The van der Waals surface area contributed by atoms with Crippen molar-refractivity contribution in [3.05, 3.63) is 29.8 Å². The molecule has 4 nitrogen and oxygen atoms in total. The highest BCUT2D eigenvalue weighted by Gasteiger charge is 2.14. The molecule has 1 aliphatic heterocycles. The zero-order valence-corrected chi connectivity index (χ0v) is 9.11. The molecule has 1 atom stereocenters. The number of primary amides is 1. The van der Waals surface area contributed by atoms with Gasteiger partial charge in [-0.1, -0.05) is 0 Å². The van der Waals surface area contributed by atoms with E-state index in [0.717, 1.165) is 12.3 Å². The van der Waals surface area contributed by atoms with E-state index in [9.17, 15) is 4.79 Å². The minimum absolute atomic E-state index is 0.413. The van der Waals surface area contributed by atoms with Gasteiger partial charge in [-0.25, -0.2) is 0 Å². The third kappa shape index (κ3) is 2.73. The van der Waals surface area contributed by atoms with Crippen molar-refractivity contribution in [1.29, 1.82) is 0 Å². The molecular weight excluding hydrogens is 204 g/mol. The second-order valence-corrected chi connectivity index (χ2v) is 3.99. The molecule has 1 aromatic carbocycles. The van der Waals surface area contributed by atoms with Gasteiger partial charge in [-0.05, 0) is 43.7 Å². The van der Waals surface area contributed by atoms with Gasteiger partial charge < -0.3 is 15.8 Å². The predicted octanol–water partition coefficient (Wildman–Crippen LogP) is 0.916. The molecule has 0 aromatic heterocycles. The monoisotopic (exact) mass is 220 g/mol. The summed E-state index contributed by atoms with van der Waals surface area (Å²) in [4.78, 5) is 10.9. The second-order valence-electron chi connectivity index (χ2n) is 3.99. The molecule has 86 valence electrons. The third-order valence-corrected chi connectivity index (χ3v) is 2.75. The molecule has 1 saturated heterocycles. The molecule has 1 aromatic rings. The van der Waals surface area contributed by atoms with Crippen LogP contribution >= 0.6 is 0 Å². The highest BCUT2D eigenvalue weighted by atomic mass is 16.5. The van der Waals surface area contributed by atoms with Crippen LogP contribution in [0.5, 0.6) is 5.75 Å². The molecular formula is C12H16N2O2. The quantitative estimate of drug-likeness (QED) is 0.793. The molecule has 0 radical (unpaired) electrons. The van der Waals surface area contributed by atoms with Crippen molar-refractivity contribution in [2.24, 2.45) is 5.73 Å². The van der Waals surface area contributed by atoms with Crippen LogP contribution in [-0.4, -0.2) is 25.1 Å². The fraction of sp³-hybridized carbons (Fsp3) is 0.417. The first-order chi connectivity index (χ1) is 7.75. The fourth-order valence-electron chi connectivity index (χ4n) is 1.81. The average molecular weight is 220 g/mol. The minimum atomic E-state index is -0.413. The highest BCUT2D eigenvalue weighted by molar-refractivity contribution is 5.92. The summed E-state index contributed by atoms with van der Waals surface area (Å²) in [5.41, 5.74) is 5.65. The lowest BCUT2D eigenvalue weighted by atomic mass is 10.2. The molecule has 3 N–H and O–H groups in total. The van der Waals surface area contributed by atoms with E-state index < -0.39 is 5.91 Å². The SMILES string of the molecule is NC(=O)c1ccc(OC[C@@H]2CCCN2)cc1. The van der Waals surface area contributed by atoms with Crippen LogP contribution in [0.15, 0.2) is 24.3 Å². The molecule has 0 bridgehead atoms. The first-order valence-corrected chi connectivity index (χ1v) is 5.52. The van der Waals surface area contributed by atoms with E-state index in [0.29, 0.717) is 18.2 Å². The van der Waals surface area contributed by atoms with Crippen LogP contribution in [0.1, 0.15) is 23.2 Å². The molecule has 1 aliphatic rings. The summed E-state index contributed by atoms with van der Waals surface area (Å²) in [7, 11) is 0. The molecule has 0 saturated carbocycles. The van der Waals surface area contributed by atoms with Crippen molar-refractivity contribution in [2.75, 3.05) is 13.2 Å². The summed E-state index contributed by atoms with van der Waals surface area (Å²) in [6.45, 7) is 1.75. The second kappa shape index (κ2) is 4.99. The van der Waals surface area contributed by atoms with Gasteiger partial charge in [0.2, 0.25) is 5.91 Å². The first kappa shape index (κ1) is 11.0. The normalized spacial score (nSPS) is 19.6. The van der Waals surface area contributed by atoms with Gasteiger partial charge in [-0.2, -0.15) is 0 Å². The number of carbonyl (C=O) groups excluding carboxylic acids is 1. The fourth-order valence-corrected chi connectivity index (χ4v) is 1.81. The number of hydrogen-bond donors (Lipinski definition) is 2. The third-order valence-electron chi connectivity index (χ3n) is 2.75. The molecule has 0 unspecified atom stereocenters. The van der Waals surface area contributed by atoms with Crippen LogP contribution in [0.3, 0.4) is 0 Å². The smallest absolute Gasteiger partial charge is 0.248 e. The first-order valence-electron chi connectivity index (χ1n) is 5.52. The summed E-state index contributed by atoms with van der Waals surface area (Å²) < 4.78 is 5.61. The van der Waals surface area contributed by atoms with Gasteiger partial charge in [0.1, 0.15) is 12.4 Å². The van der Waals surface area contributed by atoms with E-state index in [4.69, 9.17) is 10.5 Å². The highest BCUT2D eigenvalue weighted by Crippen LogP contribution is 2.13. The van der Waals surface area contributed by atoms with Crippen molar-refractivity contribution in [1.82, 2.24) is 5.32 Å². The number of nitrogens with one attached hydrogen (secondary N) is 1. The zero-order valence-electron chi connectivity index (χ0n) is 9.11. The Morgan fingerprint density at radius 2 is 2.19 bits per heavy atom. The lowest BCUT2D eigenvalue weighted by molar-refractivity contribution is 0.100. The number of nitrogens with two attached hydrogens (primary N) is 1. The van der Waals surface area contributed by atoms with Crippen LogP contribution < -0.4 is 15.8 Å². The maximum absolute atomic E-state index is 10.9. The van der Waals surface area contributed by atoms with Crippen LogP contribution in [0.25, 0.3) is 0 Å². The number of carbonyl (C=O) groups is 1. The summed E-state index contributed by atoms with van der Waals surface area (Å²) in [5.74, 6) is 0.364. The number of rotatable bonds is 4. The van der Waals surface area contributed by atoms with Gasteiger partial charge in [0, 0.05) is 11.6 Å². The Balaban J connectivity index is 1.87. The standard InChI is InChI=1S/C12H16N2O2/c13-12(15)9-3-5-11(6-4-9)16-8-10-2-1-7-14-10/h3-6,10,14H,1-2,7-8H2,(H2,13,15)/t10-/m0/s1. The minimum Gasteiger partial charge on any atom is -0.492 e. The Labute approximate surface area is 94.8 Å². The maximum atomic E-state index is 10.9. The molecule has 2 rings (SSSR count). The molecule has 1 heterocycles. The Hall–Kier alpha value is -1.55. The van der Waals surface area contributed by atoms with E-state index in [1.165, 1.54) is 12.8 Å². The molecule has 1 amide bonds. The lowest BCUT2D eigenvalue weighted by Crippen LogP contribution is -2.28. The molecule has 16 heavy (non-hydrogen) atoms. The average Bonchev–Trinajstić information content (AvgIpc) is 2.80. The van der Waals surface area contributed by atoms with E-state index in [2.05, 4.69) is 5.32 Å². The van der Waals surface area contributed by atoms with Crippen molar-refractivity contribution in [3.63, 3.8) is 0 Å². The van der Waals surface area contributed by atoms with E-state index in [1.807, 2.05) is 0 Å². The predicted molar refractivity (Wildman–Crippen MR) is 61.5 cm³/mol. The van der Waals surface area contributed by atoms with E-state index in [-0.39, 0.29) is 0 Å². The lowest BCUT2D eigenvalue weighted by Gasteiger charge is -2.12. The van der Waals surface area contributed by atoms with Crippen LogP contribution in [0.2, 0.25) is 0 Å². The van der Waals surface area contributed by atoms with E-state index in [1.54, 1.807) is 24.3 Å². The van der Waals surface area contributed by atoms with Gasteiger partial charge in [-0.3, -0.25) is 4.79 Å². The van der Waals surface area contributed by atoms with Crippen LogP contribution in [0, 0.1) is 0 Å². The topological polar surface area (TPSA) is 64.4 Å². The van der Waals surface area contributed by atoms with Crippen molar-refractivity contribution < 1.29 is 9.53 Å². The number of hydrogen-bond acceptors (Lipinski definition) is 3. The summed E-state index contributed by atoms with van der Waals surface area (Å²) in [5, 5.41) is 3.36. The molecule has 1 fully saturated rings.